The molecule has 0 amide bonds. The molecule has 1 aromatic rings. The van der Waals surface area contributed by atoms with Gasteiger partial charge in [-0.3, -0.25) is 10.1 Å². The van der Waals surface area contributed by atoms with Crippen molar-refractivity contribution in [3.63, 3.8) is 0 Å². The number of sulfonamides is 1. The molecule has 0 aromatic heterocycles. The lowest BCUT2D eigenvalue weighted by atomic mass is 10.3. The lowest BCUT2D eigenvalue weighted by Crippen LogP contribution is -2.15. The van der Waals surface area contributed by atoms with Gasteiger partial charge in [0, 0.05) is 11.3 Å². The van der Waals surface area contributed by atoms with Crippen LogP contribution in [-0.4, -0.2) is 29.8 Å². The van der Waals surface area contributed by atoms with Crippen LogP contribution in [0.1, 0.15) is 13.8 Å². The molecule has 9 heteroatoms. The second-order valence-electron chi connectivity index (χ2n) is 4.00. The molecular formula is C10H14N2O5S2. The van der Waals surface area contributed by atoms with Crippen LogP contribution >= 0.6 is 11.8 Å². The first-order valence-electron chi connectivity index (χ1n) is 5.29. The fraction of sp³-hybridized carbons (Fsp3) is 0.400. The van der Waals surface area contributed by atoms with Crippen molar-refractivity contribution in [3.8, 4) is 0 Å². The van der Waals surface area contributed by atoms with E-state index in [2.05, 4.69) is 0 Å². The molecule has 0 bridgehead atoms. The summed E-state index contributed by atoms with van der Waals surface area (Å²) in [7, 11) is -3.98. The molecule has 3 N–H and O–H groups in total. The van der Waals surface area contributed by atoms with E-state index in [0.29, 0.717) is 0 Å². The van der Waals surface area contributed by atoms with Crippen molar-refractivity contribution in [1.29, 1.82) is 0 Å². The van der Waals surface area contributed by atoms with Crippen molar-refractivity contribution < 1.29 is 18.4 Å². The Balaban J connectivity index is 3.24. The summed E-state index contributed by atoms with van der Waals surface area (Å²) in [5, 5.41) is 25.0. The lowest BCUT2D eigenvalue weighted by Gasteiger charge is -2.14. The van der Waals surface area contributed by atoms with E-state index in [4.69, 9.17) is 5.14 Å². The molecule has 106 valence electrons. The van der Waals surface area contributed by atoms with Crippen LogP contribution in [0, 0.1) is 10.1 Å². The minimum absolute atomic E-state index is 0.265. The van der Waals surface area contributed by atoms with Crippen molar-refractivity contribution >= 4 is 27.5 Å². The van der Waals surface area contributed by atoms with E-state index in [-0.39, 0.29) is 20.7 Å². The van der Waals surface area contributed by atoms with Gasteiger partial charge in [0.05, 0.1) is 20.8 Å². The number of primary sulfonamides is 1. The Kier molecular flexibility index (Phi) is 4.91. The summed E-state index contributed by atoms with van der Waals surface area (Å²) in [5.41, 5.74) is -0.343. The van der Waals surface area contributed by atoms with Crippen LogP contribution in [0.15, 0.2) is 28.0 Å². The van der Waals surface area contributed by atoms with Gasteiger partial charge in [0.25, 0.3) is 5.69 Å². The Labute approximate surface area is 115 Å². The number of aliphatic hydroxyl groups is 1. The van der Waals surface area contributed by atoms with Gasteiger partial charge in [-0.2, -0.15) is 0 Å². The number of nitrogens with zero attached hydrogens (tertiary/aromatic N) is 1. The Morgan fingerprint density at radius 2 is 2.00 bits per heavy atom. The fourth-order valence-electron chi connectivity index (χ4n) is 1.22. The molecule has 0 radical (unpaired) electrons. The summed E-state index contributed by atoms with van der Waals surface area (Å²) in [6, 6.07) is 3.45. The van der Waals surface area contributed by atoms with Gasteiger partial charge in [0.15, 0.2) is 0 Å². The number of hydrogen-bond acceptors (Lipinski definition) is 6. The maximum Gasteiger partial charge on any atom is 0.284 e. The summed E-state index contributed by atoms with van der Waals surface area (Å²) in [4.78, 5) is 10.2. The molecular weight excluding hydrogens is 292 g/mol. The summed E-state index contributed by atoms with van der Waals surface area (Å²) in [5.74, 6) is 0. The van der Waals surface area contributed by atoms with E-state index in [1.165, 1.54) is 12.1 Å². The molecule has 2 unspecified atom stereocenters. The summed E-state index contributed by atoms with van der Waals surface area (Å²) in [6.07, 6.45) is -0.650. The molecule has 19 heavy (non-hydrogen) atoms. The summed E-state index contributed by atoms with van der Waals surface area (Å²) < 4.78 is 22.3. The van der Waals surface area contributed by atoms with Crippen molar-refractivity contribution in [3.05, 3.63) is 28.3 Å². The molecule has 0 saturated carbocycles. The first kappa shape index (κ1) is 15.9. The second kappa shape index (κ2) is 5.87. The highest BCUT2D eigenvalue weighted by atomic mass is 32.2. The minimum atomic E-state index is -3.98. The van der Waals surface area contributed by atoms with Crippen LogP contribution in [0.3, 0.4) is 0 Å². The standard InChI is InChI=1S/C10H14N2O5S2/c1-6(13)7(2)18-10-4-3-8(19(11,16)17)5-9(10)12(14)15/h3-7,13H,1-2H3,(H2,11,16,17). The third kappa shape index (κ3) is 4.16. The maximum absolute atomic E-state index is 11.2. The number of nitro groups is 1. The van der Waals surface area contributed by atoms with Gasteiger partial charge in [0.2, 0.25) is 10.0 Å². The van der Waals surface area contributed by atoms with Gasteiger partial charge in [-0.15, -0.1) is 11.8 Å². The highest BCUT2D eigenvalue weighted by Gasteiger charge is 2.22. The molecule has 0 saturated heterocycles. The van der Waals surface area contributed by atoms with Gasteiger partial charge in [-0.05, 0) is 19.1 Å². The number of benzene rings is 1. The van der Waals surface area contributed by atoms with Crippen LogP contribution in [0.25, 0.3) is 0 Å². The molecule has 1 aromatic carbocycles. The number of hydrogen-bond donors (Lipinski definition) is 2. The normalized spacial score (nSPS) is 14.9. The van der Waals surface area contributed by atoms with Crippen LogP contribution in [0.4, 0.5) is 5.69 Å². The smallest absolute Gasteiger partial charge is 0.284 e. The van der Waals surface area contributed by atoms with E-state index in [1.807, 2.05) is 0 Å². The highest BCUT2D eigenvalue weighted by molar-refractivity contribution is 8.00. The first-order chi connectivity index (χ1) is 8.62. The Bertz CT molecular complexity index is 586. The van der Waals surface area contributed by atoms with Gasteiger partial charge < -0.3 is 5.11 Å². The van der Waals surface area contributed by atoms with E-state index in [1.54, 1.807) is 13.8 Å². The third-order valence-electron chi connectivity index (χ3n) is 2.45. The van der Waals surface area contributed by atoms with Crippen LogP contribution in [0.2, 0.25) is 0 Å². The number of rotatable bonds is 5. The average Bonchev–Trinajstić information content (AvgIpc) is 2.27. The Morgan fingerprint density at radius 3 is 2.42 bits per heavy atom. The fourth-order valence-corrected chi connectivity index (χ4v) is 2.75. The molecule has 0 fully saturated rings. The topological polar surface area (TPSA) is 124 Å². The predicted molar refractivity (Wildman–Crippen MR) is 71.5 cm³/mol. The van der Waals surface area contributed by atoms with E-state index >= 15 is 0 Å². The van der Waals surface area contributed by atoms with Gasteiger partial charge in [-0.25, -0.2) is 13.6 Å². The molecule has 0 heterocycles. The predicted octanol–water partition coefficient (Wildman–Crippen LogP) is 1.10. The minimum Gasteiger partial charge on any atom is -0.392 e. The van der Waals surface area contributed by atoms with E-state index < -0.39 is 21.1 Å². The Hall–Kier alpha value is -1.16. The van der Waals surface area contributed by atoms with E-state index in [9.17, 15) is 23.6 Å². The molecule has 7 nitrogen and oxygen atoms in total. The van der Waals surface area contributed by atoms with Crippen LogP contribution in [-0.2, 0) is 10.0 Å². The van der Waals surface area contributed by atoms with Gasteiger partial charge in [0.1, 0.15) is 0 Å². The summed E-state index contributed by atoms with van der Waals surface area (Å²) in [6.45, 7) is 3.29. The quantitative estimate of drug-likeness (QED) is 0.477. The van der Waals surface area contributed by atoms with E-state index in [0.717, 1.165) is 17.8 Å². The zero-order valence-electron chi connectivity index (χ0n) is 10.3. The molecule has 0 aliphatic heterocycles. The maximum atomic E-state index is 11.2. The van der Waals surface area contributed by atoms with Crippen molar-refractivity contribution in [1.82, 2.24) is 0 Å². The average molecular weight is 306 g/mol. The largest absolute Gasteiger partial charge is 0.392 e. The van der Waals surface area contributed by atoms with Crippen molar-refractivity contribution in [2.24, 2.45) is 5.14 Å². The molecule has 1 rings (SSSR count). The molecule has 0 spiro atoms. The molecule has 2 atom stereocenters. The van der Waals surface area contributed by atoms with Gasteiger partial charge in [-0.1, -0.05) is 6.92 Å². The Morgan fingerprint density at radius 1 is 1.42 bits per heavy atom. The van der Waals surface area contributed by atoms with Crippen LogP contribution < -0.4 is 5.14 Å². The monoisotopic (exact) mass is 306 g/mol. The van der Waals surface area contributed by atoms with Gasteiger partial charge >= 0.3 is 0 Å². The number of aliphatic hydroxyl groups excluding tert-OH is 1. The van der Waals surface area contributed by atoms with Crippen molar-refractivity contribution in [2.45, 2.75) is 35.0 Å². The highest BCUT2D eigenvalue weighted by Crippen LogP contribution is 2.34. The van der Waals surface area contributed by atoms with Crippen LogP contribution in [0.5, 0.6) is 0 Å². The number of nitrogens with two attached hydrogens (primary N) is 1. The molecule has 0 aliphatic rings. The molecule has 0 aliphatic carbocycles. The third-order valence-corrected chi connectivity index (χ3v) is 4.72. The number of nitro benzene ring substituents is 1. The number of thioether (sulfide) groups is 1. The van der Waals surface area contributed by atoms with Crippen molar-refractivity contribution in [2.75, 3.05) is 0 Å². The lowest BCUT2D eigenvalue weighted by molar-refractivity contribution is -0.388. The zero-order valence-corrected chi connectivity index (χ0v) is 11.9. The second-order valence-corrected chi connectivity index (χ2v) is 6.98. The zero-order chi connectivity index (χ0) is 14.8. The SMILES string of the molecule is CC(O)C(C)Sc1ccc(S(N)(=O)=O)cc1[N+](=O)[O-]. The first-order valence-corrected chi connectivity index (χ1v) is 7.71. The summed E-state index contributed by atoms with van der Waals surface area (Å²) >= 11 is 1.10.